The number of hydrogen-bond acceptors (Lipinski definition) is 1. The van der Waals surface area contributed by atoms with Crippen LogP contribution in [0.15, 0.2) is 30.3 Å². The quantitative estimate of drug-likeness (QED) is 0.555. The average Bonchev–Trinajstić information content (AvgIpc) is 2.46. The van der Waals surface area contributed by atoms with Gasteiger partial charge in [-0.05, 0) is 38.3 Å². The molecule has 0 spiro atoms. The molecule has 0 aliphatic heterocycles. The largest absolute Gasteiger partial charge is 0.317 e. The smallest absolute Gasteiger partial charge is 0.00641 e. The minimum absolute atomic E-state index is 0.713. The van der Waals surface area contributed by atoms with Crippen molar-refractivity contribution in [2.24, 2.45) is 0 Å². The number of rotatable bonds is 11. The summed E-state index contributed by atoms with van der Waals surface area (Å²) in [6.07, 6.45) is 12.1. The van der Waals surface area contributed by atoms with Gasteiger partial charge in [-0.1, -0.05) is 69.4 Å². The van der Waals surface area contributed by atoms with Crippen molar-refractivity contribution in [3.63, 3.8) is 0 Å². The van der Waals surface area contributed by atoms with Crippen LogP contribution in [0.1, 0.15) is 63.9 Å². The summed E-state index contributed by atoms with van der Waals surface area (Å²) in [5, 5.41) is 3.48. The van der Waals surface area contributed by atoms with Crippen LogP contribution in [0.4, 0.5) is 0 Å². The van der Waals surface area contributed by atoms with Gasteiger partial charge in [0, 0.05) is 6.04 Å². The zero-order chi connectivity index (χ0) is 13.8. The predicted molar refractivity (Wildman–Crippen MR) is 85.6 cm³/mol. The van der Waals surface area contributed by atoms with Gasteiger partial charge in [0.15, 0.2) is 0 Å². The molecule has 0 saturated carbocycles. The summed E-state index contributed by atoms with van der Waals surface area (Å²) in [6, 6.07) is 11.6. The first-order valence-electron chi connectivity index (χ1n) is 8.08. The minimum atomic E-state index is 0.713. The van der Waals surface area contributed by atoms with Gasteiger partial charge in [0.2, 0.25) is 0 Å². The Bertz CT molecular complexity index is 294. The maximum atomic E-state index is 3.48. The molecular formula is C18H31N. The van der Waals surface area contributed by atoms with Gasteiger partial charge in [0.05, 0.1) is 0 Å². The molecule has 0 radical (unpaired) electrons. The summed E-state index contributed by atoms with van der Waals surface area (Å²) in [4.78, 5) is 0. The third-order valence-electron chi connectivity index (χ3n) is 3.93. The van der Waals surface area contributed by atoms with Crippen molar-refractivity contribution in [2.75, 3.05) is 7.05 Å². The van der Waals surface area contributed by atoms with Gasteiger partial charge in [-0.3, -0.25) is 0 Å². The summed E-state index contributed by atoms with van der Waals surface area (Å²) >= 11 is 0. The molecule has 1 nitrogen and oxygen atoms in total. The van der Waals surface area contributed by atoms with E-state index in [1.54, 1.807) is 0 Å². The van der Waals surface area contributed by atoms with E-state index in [9.17, 15) is 0 Å². The Hall–Kier alpha value is -0.820. The molecule has 0 aromatic heterocycles. The van der Waals surface area contributed by atoms with E-state index >= 15 is 0 Å². The van der Waals surface area contributed by atoms with Crippen LogP contribution in [0.25, 0.3) is 0 Å². The van der Waals surface area contributed by atoms with E-state index in [-0.39, 0.29) is 0 Å². The Balaban J connectivity index is 2.08. The van der Waals surface area contributed by atoms with Crippen LogP contribution in [-0.2, 0) is 6.42 Å². The second-order valence-corrected chi connectivity index (χ2v) is 5.57. The highest BCUT2D eigenvalue weighted by Crippen LogP contribution is 2.12. The molecule has 19 heavy (non-hydrogen) atoms. The molecule has 1 unspecified atom stereocenters. The predicted octanol–water partition coefficient (Wildman–Crippen LogP) is 4.96. The molecule has 108 valence electrons. The molecule has 1 aromatic rings. The minimum Gasteiger partial charge on any atom is -0.317 e. The second-order valence-electron chi connectivity index (χ2n) is 5.57. The van der Waals surface area contributed by atoms with E-state index in [0.717, 1.165) is 0 Å². The molecule has 1 rings (SSSR count). The van der Waals surface area contributed by atoms with Crippen molar-refractivity contribution in [3.05, 3.63) is 35.9 Å². The highest BCUT2D eigenvalue weighted by atomic mass is 14.9. The fourth-order valence-electron chi connectivity index (χ4n) is 2.62. The molecule has 0 saturated heterocycles. The number of benzene rings is 1. The molecule has 0 amide bonds. The zero-order valence-corrected chi connectivity index (χ0v) is 12.8. The lowest BCUT2D eigenvalue weighted by molar-refractivity contribution is 0.448. The topological polar surface area (TPSA) is 12.0 Å². The summed E-state index contributed by atoms with van der Waals surface area (Å²) in [5.41, 5.74) is 1.47. The van der Waals surface area contributed by atoms with E-state index in [4.69, 9.17) is 0 Å². The van der Waals surface area contributed by atoms with Crippen LogP contribution < -0.4 is 5.32 Å². The Morgan fingerprint density at radius 1 is 0.895 bits per heavy atom. The van der Waals surface area contributed by atoms with Crippen molar-refractivity contribution >= 4 is 0 Å². The Labute approximate surface area is 119 Å². The van der Waals surface area contributed by atoms with Gasteiger partial charge in [-0.15, -0.1) is 0 Å². The normalized spacial score (nSPS) is 12.5. The lowest BCUT2D eigenvalue weighted by Crippen LogP contribution is -2.25. The zero-order valence-electron chi connectivity index (χ0n) is 12.8. The first kappa shape index (κ1) is 16.2. The van der Waals surface area contributed by atoms with Gasteiger partial charge in [-0.2, -0.15) is 0 Å². The van der Waals surface area contributed by atoms with E-state index in [1.165, 1.54) is 63.4 Å². The van der Waals surface area contributed by atoms with Crippen LogP contribution in [0.2, 0.25) is 0 Å². The van der Waals surface area contributed by atoms with Gasteiger partial charge >= 0.3 is 0 Å². The average molecular weight is 261 g/mol. The molecule has 1 atom stereocenters. The molecule has 0 aliphatic carbocycles. The third-order valence-corrected chi connectivity index (χ3v) is 3.93. The van der Waals surface area contributed by atoms with Crippen LogP contribution in [-0.4, -0.2) is 13.1 Å². The maximum Gasteiger partial charge on any atom is 0.00641 e. The van der Waals surface area contributed by atoms with Crippen LogP contribution in [0.5, 0.6) is 0 Å². The standard InChI is InChI=1S/C18H31N/c1-3-4-5-6-10-15-18(19-2)16-11-14-17-12-8-7-9-13-17/h7-9,12-13,18-19H,3-6,10-11,14-16H2,1-2H3. The first-order valence-corrected chi connectivity index (χ1v) is 8.08. The van der Waals surface area contributed by atoms with Crippen molar-refractivity contribution in [2.45, 2.75) is 70.8 Å². The molecule has 0 aliphatic rings. The van der Waals surface area contributed by atoms with Crippen LogP contribution in [0, 0.1) is 0 Å². The van der Waals surface area contributed by atoms with Gasteiger partial charge in [0.25, 0.3) is 0 Å². The van der Waals surface area contributed by atoms with Crippen LogP contribution >= 0.6 is 0 Å². The molecule has 0 fully saturated rings. The first-order chi connectivity index (χ1) is 9.36. The molecule has 0 heterocycles. The highest BCUT2D eigenvalue weighted by molar-refractivity contribution is 5.14. The highest BCUT2D eigenvalue weighted by Gasteiger charge is 2.05. The SMILES string of the molecule is CCCCCCCC(CCCc1ccccc1)NC. The fourth-order valence-corrected chi connectivity index (χ4v) is 2.62. The van der Waals surface area contributed by atoms with Crippen molar-refractivity contribution in [3.8, 4) is 0 Å². The van der Waals surface area contributed by atoms with Crippen molar-refractivity contribution in [1.82, 2.24) is 5.32 Å². The monoisotopic (exact) mass is 261 g/mol. The van der Waals surface area contributed by atoms with Gasteiger partial charge < -0.3 is 5.32 Å². The lowest BCUT2D eigenvalue weighted by Gasteiger charge is -2.16. The number of aryl methyl sites for hydroxylation is 1. The Morgan fingerprint density at radius 3 is 2.26 bits per heavy atom. The molecule has 1 aromatic carbocycles. The third kappa shape index (κ3) is 8.05. The number of hydrogen-bond donors (Lipinski definition) is 1. The van der Waals surface area contributed by atoms with E-state index in [1.807, 2.05) is 0 Å². The van der Waals surface area contributed by atoms with Crippen molar-refractivity contribution < 1.29 is 0 Å². The van der Waals surface area contributed by atoms with Gasteiger partial charge in [-0.25, -0.2) is 0 Å². The Kier molecular flexibility index (Phi) is 9.44. The second kappa shape index (κ2) is 11.0. The molecule has 0 bridgehead atoms. The van der Waals surface area contributed by atoms with Crippen molar-refractivity contribution in [1.29, 1.82) is 0 Å². The van der Waals surface area contributed by atoms with Gasteiger partial charge in [0.1, 0.15) is 0 Å². The summed E-state index contributed by atoms with van der Waals surface area (Å²) in [6.45, 7) is 2.28. The molecular weight excluding hydrogens is 230 g/mol. The fraction of sp³-hybridized carbons (Fsp3) is 0.667. The lowest BCUT2D eigenvalue weighted by atomic mass is 10.00. The summed E-state index contributed by atoms with van der Waals surface area (Å²) < 4.78 is 0. The van der Waals surface area contributed by atoms with E-state index in [2.05, 4.69) is 49.6 Å². The number of unbranched alkanes of at least 4 members (excludes halogenated alkanes) is 4. The maximum absolute atomic E-state index is 3.48. The molecule has 1 N–H and O–H groups in total. The van der Waals surface area contributed by atoms with Crippen LogP contribution in [0.3, 0.4) is 0 Å². The van der Waals surface area contributed by atoms with E-state index in [0.29, 0.717) is 6.04 Å². The Morgan fingerprint density at radius 2 is 1.58 bits per heavy atom. The summed E-state index contributed by atoms with van der Waals surface area (Å²) in [7, 11) is 2.11. The number of nitrogens with one attached hydrogen (secondary N) is 1. The van der Waals surface area contributed by atoms with E-state index < -0.39 is 0 Å². The molecule has 1 heteroatoms. The summed E-state index contributed by atoms with van der Waals surface area (Å²) in [5.74, 6) is 0.